The second kappa shape index (κ2) is 8.89. The predicted octanol–water partition coefficient (Wildman–Crippen LogP) is 2.62. The van der Waals surface area contributed by atoms with Gasteiger partial charge in [0.2, 0.25) is 0 Å². The first kappa shape index (κ1) is 17.9. The SMILES string of the molecule is COCCN(CC(C)(C)CNCC(C)C)C(C)C. The molecule has 0 aliphatic rings. The minimum Gasteiger partial charge on any atom is -0.383 e. The van der Waals surface area contributed by atoms with Gasteiger partial charge in [-0.25, -0.2) is 0 Å². The van der Waals surface area contributed by atoms with E-state index in [0.29, 0.717) is 11.5 Å². The summed E-state index contributed by atoms with van der Waals surface area (Å²) in [5, 5.41) is 3.57. The topological polar surface area (TPSA) is 24.5 Å². The molecule has 1 N–H and O–H groups in total. The van der Waals surface area contributed by atoms with Crippen molar-refractivity contribution in [1.82, 2.24) is 10.2 Å². The van der Waals surface area contributed by atoms with Crippen molar-refractivity contribution >= 4 is 0 Å². The second-order valence-electron chi connectivity index (χ2n) is 6.75. The van der Waals surface area contributed by atoms with Crippen molar-refractivity contribution < 1.29 is 4.74 Å². The van der Waals surface area contributed by atoms with Gasteiger partial charge in [-0.15, -0.1) is 0 Å². The van der Waals surface area contributed by atoms with E-state index in [9.17, 15) is 0 Å². The average Bonchev–Trinajstić information content (AvgIpc) is 2.22. The summed E-state index contributed by atoms with van der Waals surface area (Å²) in [6, 6.07) is 0.574. The van der Waals surface area contributed by atoms with Crippen LogP contribution in [0.2, 0.25) is 0 Å². The Labute approximate surface area is 114 Å². The summed E-state index contributed by atoms with van der Waals surface area (Å²) >= 11 is 0. The molecule has 0 amide bonds. The van der Waals surface area contributed by atoms with Crippen LogP contribution in [-0.4, -0.2) is 50.8 Å². The van der Waals surface area contributed by atoms with Crippen LogP contribution in [-0.2, 0) is 4.74 Å². The number of hydrogen-bond donors (Lipinski definition) is 1. The maximum Gasteiger partial charge on any atom is 0.0589 e. The molecule has 0 unspecified atom stereocenters. The standard InChI is InChI=1S/C15H34N2O/c1-13(2)10-16-11-15(5,6)12-17(14(3)4)8-9-18-7/h13-14,16H,8-12H2,1-7H3. The molecule has 0 saturated heterocycles. The van der Waals surface area contributed by atoms with Crippen LogP contribution in [0.3, 0.4) is 0 Å². The van der Waals surface area contributed by atoms with Crippen molar-refractivity contribution in [2.45, 2.75) is 47.6 Å². The monoisotopic (exact) mass is 258 g/mol. The molecule has 0 heterocycles. The Balaban J connectivity index is 4.14. The smallest absolute Gasteiger partial charge is 0.0589 e. The third-order valence-corrected chi connectivity index (χ3v) is 3.10. The lowest BCUT2D eigenvalue weighted by Gasteiger charge is -2.35. The Morgan fingerprint density at radius 1 is 1.17 bits per heavy atom. The van der Waals surface area contributed by atoms with Crippen LogP contribution in [0.1, 0.15) is 41.5 Å². The molecule has 0 rings (SSSR count). The molecule has 0 radical (unpaired) electrons. The van der Waals surface area contributed by atoms with Gasteiger partial charge in [-0.3, -0.25) is 4.90 Å². The van der Waals surface area contributed by atoms with Crippen LogP contribution in [0.4, 0.5) is 0 Å². The molecule has 0 aromatic rings. The van der Waals surface area contributed by atoms with E-state index in [0.717, 1.165) is 38.7 Å². The lowest BCUT2D eigenvalue weighted by atomic mass is 9.92. The Morgan fingerprint density at radius 3 is 2.22 bits per heavy atom. The number of methoxy groups -OCH3 is 1. The van der Waals surface area contributed by atoms with Gasteiger partial charge in [0.25, 0.3) is 0 Å². The predicted molar refractivity (Wildman–Crippen MR) is 80.1 cm³/mol. The summed E-state index contributed by atoms with van der Waals surface area (Å²) in [6.45, 7) is 18.8. The highest BCUT2D eigenvalue weighted by molar-refractivity contribution is 4.78. The fraction of sp³-hybridized carbons (Fsp3) is 1.00. The third-order valence-electron chi connectivity index (χ3n) is 3.10. The van der Waals surface area contributed by atoms with Crippen molar-refractivity contribution in [3.8, 4) is 0 Å². The van der Waals surface area contributed by atoms with Gasteiger partial charge in [-0.05, 0) is 31.7 Å². The highest BCUT2D eigenvalue weighted by atomic mass is 16.5. The lowest BCUT2D eigenvalue weighted by Crippen LogP contribution is -2.45. The third kappa shape index (κ3) is 8.90. The first-order valence-electron chi connectivity index (χ1n) is 7.22. The number of rotatable bonds is 10. The Hall–Kier alpha value is -0.120. The van der Waals surface area contributed by atoms with Gasteiger partial charge in [0.1, 0.15) is 0 Å². The largest absolute Gasteiger partial charge is 0.383 e. The van der Waals surface area contributed by atoms with Gasteiger partial charge in [0.05, 0.1) is 6.61 Å². The summed E-state index contributed by atoms with van der Waals surface area (Å²) in [5.74, 6) is 0.718. The molecule has 3 nitrogen and oxygen atoms in total. The van der Waals surface area contributed by atoms with E-state index in [1.165, 1.54) is 0 Å². The number of ether oxygens (including phenoxy) is 1. The molecule has 0 spiro atoms. The Morgan fingerprint density at radius 2 is 1.78 bits per heavy atom. The molecule has 0 aliphatic heterocycles. The number of hydrogen-bond acceptors (Lipinski definition) is 3. The van der Waals surface area contributed by atoms with Gasteiger partial charge in [0, 0.05) is 32.8 Å². The fourth-order valence-corrected chi connectivity index (χ4v) is 2.03. The van der Waals surface area contributed by atoms with Gasteiger partial charge >= 0.3 is 0 Å². The molecule has 0 aromatic heterocycles. The molecule has 3 heteroatoms. The van der Waals surface area contributed by atoms with Crippen molar-refractivity contribution in [3.63, 3.8) is 0 Å². The zero-order valence-corrected chi connectivity index (χ0v) is 13.5. The van der Waals surface area contributed by atoms with Crippen LogP contribution in [0.25, 0.3) is 0 Å². The van der Waals surface area contributed by atoms with Crippen molar-refractivity contribution in [3.05, 3.63) is 0 Å². The average molecular weight is 258 g/mol. The molecular weight excluding hydrogens is 224 g/mol. The van der Waals surface area contributed by atoms with Gasteiger partial charge in [0.15, 0.2) is 0 Å². The van der Waals surface area contributed by atoms with E-state index in [1.807, 2.05) is 0 Å². The van der Waals surface area contributed by atoms with Crippen molar-refractivity contribution in [2.75, 3.05) is 39.9 Å². The Bertz CT molecular complexity index is 203. The van der Waals surface area contributed by atoms with Crippen LogP contribution in [0, 0.1) is 11.3 Å². The molecule has 0 aromatic carbocycles. The Kier molecular flexibility index (Phi) is 8.83. The van der Waals surface area contributed by atoms with Crippen molar-refractivity contribution in [1.29, 1.82) is 0 Å². The molecule has 18 heavy (non-hydrogen) atoms. The van der Waals surface area contributed by atoms with E-state index in [1.54, 1.807) is 7.11 Å². The quantitative estimate of drug-likeness (QED) is 0.652. The summed E-state index contributed by atoms with van der Waals surface area (Å²) in [4.78, 5) is 2.50. The van der Waals surface area contributed by atoms with E-state index >= 15 is 0 Å². The molecule has 0 bridgehead atoms. The molecule has 110 valence electrons. The maximum atomic E-state index is 5.19. The summed E-state index contributed by atoms with van der Waals surface area (Å²) in [6.07, 6.45) is 0. The van der Waals surface area contributed by atoms with Crippen LogP contribution in [0.5, 0.6) is 0 Å². The highest BCUT2D eigenvalue weighted by Gasteiger charge is 2.22. The summed E-state index contributed by atoms with van der Waals surface area (Å²) < 4.78 is 5.19. The van der Waals surface area contributed by atoms with E-state index in [-0.39, 0.29) is 0 Å². The van der Waals surface area contributed by atoms with E-state index in [2.05, 4.69) is 51.8 Å². The molecule has 0 atom stereocenters. The summed E-state index contributed by atoms with van der Waals surface area (Å²) in [7, 11) is 1.77. The van der Waals surface area contributed by atoms with E-state index < -0.39 is 0 Å². The highest BCUT2D eigenvalue weighted by Crippen LogP contribution is 2.17. The minimum absolute atomic E-state index is 0.299. The molecular formula is C15H34N2O. The van der Waals surface area contributed by atoms with Gasteiger partial charge in [-0.1, -0.05) is 27.7 Å². The zero-order valence-electron chi connectivity index (χ0n) is 13.5. The number of nitrogens with one attached hydrogen (secondary N) is 1. The first-order valence-corrected chi connectivity index (χ1v) is 7.22. The summed E-state index contributed by atoms with van der Waals surface area (Å²) in [5.41, 5.74) is 0.299. The van der Waals surface area contributed by atoms with Gasteiger partial charge < -0.3 is 10.1 Å². The fourth-order valence-electron chi connectivity index (χ4n) is 2.03. The normalized spacial score (nSPS) is 13.0. The second-order valence-corrected chi connectivity index (χ2v) is 6.75. The first-order chi connectivity index (χ1) is 8.28. The van der Waals surface area contributed by atoms with Crippen LogP contribution >= 0.6 is 0 Å². The minimum atomic E-state index is 0.299. The lowest BCUT2D eigenvalue weighted by molar-refractivity contribution is 0.0957. The number of nitrogens with zero attached hydrogens (tertiary/aromatic N) is 1. The molecule has 0 fully saturated rings. The van der Waals surface area contributed by atoms with Crippen molar-refractivity contribution in [2.24, 2.45) is 11.3 Å². The molecule has 0 aliphatic carbocycles. The zero-order chi connectivity index (χ0) is 14.2. The van der Waals surface area contributed by atoms with Crippen LogP contribution in [0.15, 0.2) is 0 Å². The van der Waals surface area contributed by atoms with Crippen LogP contribution < -0.4 is 5.32 Å². The van der Waals surface area contributed by atoms with Gasteiger partial charge in [-0.2, -0.15) is 0 Å². The maximum absolute atomic E-state index is 5.19. The van der Waals surface area contributed by atoms with E-state index in [4.69, 9.17) is 4.74 Å². The molecule has 0 saturated carbocycles.